The van der Waals surface area contributed by atoms with E-state index in [1.807, 2.05) is 43.6 Å². The summed E-state index contributed by atoms with van der Waals surface area (Å²) in [5.74, 6) is 4.02. The van der Waals surface area contributed by atoms with Crippen LogP contribution in [0.2, 0.25) is 0 Å². The normalized spacial score (nSPS) is 10.5. The average molecular weight is 339 g/mol. The van der Waals surface area contributed by atoms with Crippen molar-refractivity contribution in [3.05, 3.63) is 35.2 Å². The number of benzene rings is 1. The molecule has 0 aliphatic heterocycles. The van der Waals surface area contributed by atoms with Crippen LogP contribution in [0.1, 0.15) is 12.5 Å². The van der Waals surface area contributed by atoms with Crippen LogP contribution in [0.25, 0.3) is 21.3 Å². The third-order valence-electron chi connectivity index (χ3n) is 3.53. The molecule has 0 radical (unpaired) electrons. The lowest BCUT2D eigenvalue weighted by molar-refractivity contribution is 0.0227. The van der Waals surface area contributed by atoms with Crippen LogP contribution in [0.5, 0.6) is 5.75 Å². The van der Waals surface area contributed by atoms with Gasteiger partial charge in [-0.1, -0.05) is 5.92 Å². The molecule has 1 N–H and O–H groups in total. The Hall–Kier alpha value is -2.62. The van der Waals surface area contributed by atoms with Crippen LogP contribution in [0.4, 0.5) is 5.82 Å². The van der Waals surface area contributed by atoms with E-state index >= 15 is 0 Å². The summed E-state index contributed by atoms with van der Waals surface area (Å²) in [6, 6.07) is 7.64. The minimum absolute atomic E-state index is 0.159. The van der Waals surface area contributed by atoms with Gasteiger partial charge in [0.2, 0.25) is 0 Å². The molecule has 1 aromatic carbocycles. The zero-order chi connectivity index (χ0) is 16.9. The minimum atomic E-state index is 0.159. The van der Waals surface area contributed by atoms with Gasteiger partial charge in [0.05, 0.1) is 4.70 Å². The van der Waals surface area contributed by atoms with E-state index < -0.39 is 0 Å². The van der Waals surface area contributed by atoms with E-state index in [0.717, 1.165) is 32.7 Å². The van der Waals surface area contributed by atoms with E-state index in [1.54, 1.807) is 11.3 Å². The van der Waals surface area contributed by atoms with Crippen molar-refractivity contribution >= 4 is 27.2 Å². The van der Waals surface area contributed by atoms with Crippen molar-refractivity contribution in [3.8, 4) is 29.4 Å². The number of fused-ring (bicyclic) bond motifs is 1. The van der Waals surface area contributed by atoms with Crippen molar-refractivity contribution in [2.24, 2.45) is 0 Å². The Balaban J connectivity index is 2.12. The Morgan fingerprint density at radius 1 is 1.29 bits per heavy atom. The molecule has 122 valence electrons. The van der Waals surface area contributed by atoms with Crippen LogP contribution < -0.4 is 10.1 Å². The molecule has 3 aromatic rings. The lowest BCUT2D eigenvalue weighted by Crippen LogP contribution is -2.04. The van der Waals surface area contributed by atoms with Gasteiger partial charge < -0.3 is 14.8 Å². The number of aromatic nitrogens is 2. The molecule has 0 amide bonds. The third-order valence-corrected chi connectivity index (χ3v) is 4.45. The Labute approximate surface area is 144 Å². The summed E-state index contributed by atoms with van der Waals surface area (Å²) in [6.45, 7) is 2.65. The zero-order valence-corrected chi connectivity index (χ0v) is 14.3. The maximum Gasteiger partial charge on any atom is 0.189 e. The first-order chi connectivity index (χ1) is 11.8. The summed E-state index contributed by atoms with van der Waals surface area (Å²) in [6.07, 6.45) is 5.50. The number of anilines is 1. The molecule has 0 unspecified atom stereocenters. The number of hydrogen-bond donors (Lipinski definition) is 1. The van der Waals surface area contributed by atoms with Gasteiger partial charge in [-0.05, 0) is 36.6 Å². The lowest BCUT2D eigenvalue weighted by Gasteiger charge is -2.12. The zero-order valence-electron chi connectivity index (χ0n) is 13.5. The maximum absolute atomic E-state index is 5.76. The van der Waals surface area contributed by atoms with E-state index in [4.69, 9.17) is 15.9 Å². The van der Waals surface area contributed by atoms with E-state index in [-0.39, 0.29) is 6.79 Å². The fourth-order valence-corrected chi connectivity index (χ4v) is 3.24. The highest BCUT2D eigenvalue weighted by Crippen LogP contribution is 2.37. The van der Waals surface area contributed by atoms with Crippen LogP contribution in [-0.2, 0) is 4.74 Å². The molecule has 2 heterocycles. The van der Waals surface area contributed by atoms with Gasteiger partial charge in [0.25, 0.3) is 0 Å². The number of hydrogen-bond acceptors (Lipinski definition) is 6. The van der Waals surface area contributed by atoms with Crippen LogP contribution in [0, 0.1) is 12.3 Å². The molecular weight excluding hydrogens is 322 g/mol. The highest BCUT2D eigenvalue weighted by Gasteiger charge is 2.16. The summed E-state index contributed by atoms with van der Waals surface area (Å²) in [5.41, 5.74) is 2.35. The van der Waals surface area contributed by atoms with Gasteiger partial charge in [-0.25, -0.2) is 0 Å². The first kappa shape index (κ1) is 16.2. The van der Waals surface area contributed by atoms with Crippen molar-refractivity contribution in [1.82, 2.24) is 10.2 Å². The van der Waals surface area contributed by atoms with Crippen molar-refractivity contribution in [3.63, 3.8) is 0 Å². The Morgan fingerprint density at radius 3 is 2.92 bits per heavy atom. The Bertz CT molecular complexity index is 899. The predicted molar refractivity (Wildman–Crippen MR) is 97.5 cm³/mol. The fourth-order valence-electron chi connectivity index (χ4n) is 2.36. The van der Waals surface area contributed by atoms with Gasteiger partial charge in [-0.3, -0.25) is 0 Å². The number of nitrogens with one attached hydrogen (secondary N) is 1. The van der Waals surface area contributed by atoms with Gasteiger partial charge in [0, 0.05) is 30.2 Å². The molecule has 0 saturated carbocycles. The quantitative estimate of drug-likeness (QED) is 0.421. The van der Waals surface area contributed by atoms with E-state index in [9.17, 15) is 0 Å². The van der Waals surface area contributed by atoms with Crippen LogP contribution >= 0.6 is 11.3 Å². The second-order valence-corrected chi connectivity index (χ2v) is 5.84. The Kier molecular flexibility index (Phi) is 4.94. The topological polar surface area (TPSA) is 56.3 Å². The van der Waals surface area contributed by atoms with Crippen LogP contribution in [0.15, 0.2) is 29.6 Å². The summed E-state index contributed by atoms with van der Waals surface area (Å²) in [7, 11) is 1.83. The highest BCUT2D eigenvalue weighted by atomic mass is 32.1. The monoisotopic (exact) mass is 339 g/mol. The second-order valence-electron chi connectivity index (χ2n) is 4.92. The minimum Gasteiger partial charge on any atom is -0.467 e. The number of nitrogens with zero attached hydrogens (tertiary/aromatic N) is 2. The summed E-state index contributed by atoms with van der Waals surface area (Å²) in [4.78, 5) is 0. The van der Waals surface area contributed by atoms with Crippen LogP contribution in [-0.4, -0.2) is 30.6 Å². The molecule has 24 heavy (non-hydrogen) atoms. The van der Waals surface area contributed by atoms with E-state index in [1.165, 1.54) is 0 Å². The van der Waals surface area contributed by atoms with Gasteiger partial charge >= 0.3 is 0 Å². The predicted octanol–water partition coefficient (Wildman–Crippen LogP) is 3.75. The maximum atomic E-state index is 5.76. The molecule has 0 aliphatic carbocycles. The summed E-state index contributed by atoms with van der Waals surface area (Å²) < 4.78 is 12.1. The second kappa shape index (κ2) is 7.30. The molecule has 2 aromatic heterocycles. The first-order valence-corrected chi connectivity index (χ1v) is 8.39. The molecule has 5 nitrogen and oxygen atoms in total. The average Bonchev–Trinajstić information content (AvgIpc) is 3.11. The van der Waals surface area contributed by atoms with E-state index in [2.05, 4.69) is 21.4 Å². The summed E-state index contributed by atoms with van der Waals surface area (Å²) >= 11 is 1.62. The third kappa shape index (κ3) is 3.04. The van der Waals surface area contributed by atoms with Gasteiger partial charge in [-0.15, -0.1) is 28.0 Å². The molecule has 0 bridgehead atoms. The molecule has 0 fully saturated rings. The van der Waals surface area contributed by atoms with Crippen LogP contribution in [0.3, 0.4) is 0 Å². The largest absolute Gasteiger partial charge is 0.467 e. The Morgan fingerprint density at radius 2 is 2.17 bits per heavy atom. The first-order valence-electron chi connectivity index (χ1n) is 7.51. The van der Waals surface area contributed by atoms with E-state index in [0.29, 0.717) is 12.4 Å². The standard InChI is InChI=1S/C18H17N3O2S/c1-4-12-6-7-13(15(10-12)23-11-22-5-2)16-14-8-9-24-17(14)18(19-3)21-20-16/h1,6-10H,5,11H2,2-3H3,(H,19,21). The van der Waals surface area contributed by atoms with Crippen molar-refractivity contribution in [2.75, 3.05) is 25.8 Å². The van der Waals surface area contributed by atoms with Gasteiger partial charge in [0.15, 0.2) is 12.6 Å². The molecular formula is C18H17N3O2S. The SMILES string of the molecule is C#Cc1ccc(-c2nnc(NC)c3sccc23)c(OCOCC)c1. The van der Waals surface area contributed by atoms with Crippen molar-refractivity contribution in [1.29, 1.82) is 0 Å². The fraction of sp³-hybridized carbons (Fsp3) is 0.222. The van der Waals surface area contributed by atoms with Crippen molar-refractivity contribution < 1.29 is 9.47 Å². The van der Waals surface area contributed by atoms with Gasteiger partial charge in [0.1, 0.15) is 11.4 Å². The highest BCUT2D eigenvalue weighted by molar-refractivity contribution is 7.17. The summed E-state index contributed by atoms with van der Waals surface area (Å²) in [5, 5.41) is 14.8. The number of ether oxygens (including phenoxy) is 2. The molecule has 0 aliphatic rings. The lowest BCUT2D eigenvalue weighted by atomic mass is 10.1. The molecule has 3 rings (SSSR count). The van der Waals surface area contributed by atoms with Crippen molar-refractivity contribution in [2.45, 2.75) is 6.92 Å². The molecule has 6 heteroatoms. The van der Waals surface area contributed by atoms with Gasteiger partial charge in [-0.2, -0.15) is 0 Å². The number of rotatable bonds is 6. The number of thiophene rings is 1. The molecule has 0 atom stereocenters. The molecule has 0 spiro atoms. The smallest absolute Gasteiger partial charge is 0.189 e. The molecule has 0 saturated heterocycles. The number of terminal acetylenes is 1.